The summed E-state index contributed by atoms with van der Waals surface area (Å²) in [7, 11) is 0. The summed E-state index contributed by atoms with van der Waals surface area (Å²) in [6.45, 7) is 7.77. The fourth-order valence-electron chi connectivity index (χ4n) is 2.92. The molecule has 0 bridgehead atoms. The Morgan fingerprint density at radius 1 is 1.24 bits per heavy atom. The van der Waals surface area contributed by atoms with Gasteiger partial charge in [-0.05, 0) is 37.6 Å². The molecule has 0 saturated heterocycles. The Bertz CT molecular complexity index is 654. The highest BCUT2D eigenvalue weighted by molar-refractivity contribution is 5.49. The van der Waals surface area contributed by atoms with Crippen LogP contribution < -0.4 is 10.1 Å². The Kier molecular flexibility index (Phi) is 3.88. The Morgan fingerprint density at radius 2 is 2.10 bits per heavy atom. The number of aromatic nitrogens is 2. The SMILES string of the molecule is CCNC(c1cc(C)nnc1C)c1cccc2c1OCC2. The van der Waals surface area contributed by atoms with Crippen LogP contribution in [0.3, 0.4) is 0 Å². The molecule has 1 aromatic carbocycles. The Morgan fingerprint density at radius 3 is 2.90 bits per heavy atom. The van der Waals surface area contributed by atoms with Crippen LogP contribution in [0, 0.1) is 13.8 Å². The van der Waals surface area contributed by atoms with Crippen LogP contribution in [-0.2, 0) is 6.42 Å². The highest BCUT2D eigenvalue weighted by Gasteiger charge is 2.24. The van der Waals surface area contributed by atoms with Crippen molar-refractivity contribution < 1.29 is 4.74 Å². The zero-order valence-corrected chi connectivity index (χ0v) is 12.8. The van der Waals surface area contributed by atoms with E-state index in [2.05, 4.69) is 46.7 Å². The number of hydrogen-bond acceptors (Lipinski definition) is 4. The van der Waals surface area contributed by atoms with Crippen molar-refractivity contribution in [2.45, 2.75) is 33.2 Å². The molecule has 2 aromatic rings. The van der Waals surface area contributed by atoms with Crippen LogP contribution in [0.2, 0.25) is 0 Å². The summed E-state index contributed by atoms with van der Waals surface area (Å²) in [5.41, 5.74) is 5.57. The van der Waals surface area contributed by atoms with Gasteiger partial charge in [0.15, 0.2) is 0 Å². The molecule has 4 heteroatoms. The van der Waals surface area contributed by atoms with E-state index < -0.39 is 0 Å². The zero-order valence-electron chi connectivity index (χ0n) is 12.8. The fourth-order valence-corrected chi connectivity index (χ4v) is 2.92. The molecule has 0 radical (unpaired) electrons. The Balaban J connectivity index is 2.10. The first kappa shape index (κ1) is 14.0. The van der Waals surface area contributed by atoms with Gasteiger partial charge in [0.1, 0.15) is 5.75 Å². The average molecular weight is 283 g/mol. The Labute approximate surface area is 125 Å². The maximum atomic E-state index is 5.87. The number of benzene rings is 1. The van der Waals surface area contributed by atoms with Gasteiger partial charge in [0.2, 0.25) is 0 Å². The van der Waals surface area contributed by atoms with Gasteiger partial charge in [-0.1, -0.05) is 25.1 Å². The second-order valence-electron chi connectivity index (χ2n) is 5.45. The standard InChI is InChI=1S/C17H21N3O/c1-4-18-16(15-10-11(2)19-20-12(15)3)14-7-5-6-13-8-9-21-17(13)14/h5-7,10,16,18H,4,8-9H2,1-3H3. The highest BCUT2D eigenvalue weighted by Crippen LogP contribution is 2.36. The first-order valence-corrected chi connectivity index (χ1v) is 7.49. The van der Waals surface area contributed by atoms with Crippen molar-refractivity contribution in [1.82, 2.24) is 15.5 Å². The third-order valence-electron chi connectivity index (χ3n) is 3.91. The number of hydrogen-bond donors (Lipinski definition) is 1. The molecule has 0 saturated carbocycles. The van der Waals surface area contributed by atoms with Crippen molar-refractivity contribution in [3.05, 3.63) is 52.3 Å². The van der Waals surface area contributed by atoms with Gasteiger partial charge in [-0.2, -0.15) is 10.2 Å². The minimum absolute atomic E-state index is 0.0947. The predicted molar refractivity (Wildman–Crippen MR) is 82.7 cm³/mol. The van der Waals surface area contributed by atoms with Crippen molar-refractivity contribution in [2.24, 2.45) is 0 Å². The lowest BCUT2D eigenvalue weighted by atomic mass is 9.95. The smallest absolute Gasteiger partial charge is 0.127 e. The van der Waals surface area contributed by atoms with Crippen LogP contribution in [0.25, 0.3) is 0 Å². The molecular weight excluding hydrogens is 262 g/mol. The summed E-state index contributed by atoms with van der Waals surface area (Å²) in [5.74, 6) is 1.04. The number of nitrogens with zero attached hydrogens (tertiary/aromatic N) is 2. The van der Waals surface area contributed by atoms with E-state index in [9.17, 15) is 0 Å². The predicted octanol–water partition coefficient (Wildman–Crippen LogP) is 2.73. The second kappa shape index (κ2) is 5.82. The van der Waals surface area contributed by atoms with Gasteiger partial charge in [-0.3, -0.25) is 0 Å². The van der Waals surface area contributed by atoms with Gasteiger partial charge in [0, 0.05) is 12.0 Å². The number of rotatable bonds is 4. The minimum atomic E-state index is 0.0947. The van der Waals surface area contributed by atoms with E-state index in [1.807, 2.05) is 13.8 Å². The summed E-state index contributed by atoms with van der Waals surface area (Å²) in [4.78, 5) is 0. The number of nitrogens with one attached hydrogen (secondary N) is 1. The number of fused-ring (bicyclic) bond motifs is 1. The lowest BCUT2D eigenvalue weighted by molar-refractivity contribution is 0.350. The van der Waals surface area contributed by atoms with E-state index in [1.165, 1.54) is 16.7 Å². The van der Waals surface area contributed by atoms with Crippen molar-refractivity contribution in [3.63, 3.8) is 0 Å². The van der Waals surface area contributed by atoms with E-state index >= 15 is 0 Å². The second-order valence-corrected chi connectivity index (χ2v) is 5.45. The number of para-hydroxylation sites is 1. The van der Waals surface area contributed by atoms with E-state index in [0.717, 1.165) is 36.7 Å². The van der Waals surface area contributed by atoms with Gasteiger partial charge in [0.25, 0.3) is 0 Å². The van der Waals surface area contributed by atoms with E-state index in [1.54, 1.807) is 0 Å². The van der Waals surface area contributed by atoms with Crippen molar-refractivity contribution in [2.75, 3.05) is 13.2 Å². The van der Waals surface area contributed by atoms with Crippen LogP contribution >= 0.6 is 0 Å². The molecule has 2 heterocycles. The molecule has 1 N–H and O–H groups in total. The molecule has 0 aliphatic carbocycles. The molecule has 0 fully saturated rings. The molecule has 4 nitrogen and oxygen atoms in total. The first-order valence-electron chi connectivity index (χ1n) is 7.49. The molecule has 1 aliphatic heterocycles. The van der Waals surface area contributed by atoms with Crippen molar-refractivity contribution in [3.8, 4) is 5.75 Å². The van der Waals surface area contributed by atoms with Crippen LogP contribution in [0.4, 0.5) is 0 Å². The topological polar surface area (TPSA) is 47.0 Å². The third-order valence-corrected chi connectivity index (χ3v) is 3.91. The van der Waals surface area contributed by atoms with E-state index in [0.29, 0.717) is 0 Å². The van der Waals surface area contributed by atoms with E-state index in [-0.39, 0.29) is 6.04 Å². The molecule has 1 unspecified atom stereocenters. The van der Waals surface area contributed by atoms with Crippen LogP contribution in [-0.4, -0.2) is 23.3 Å². The quantitative estimate of drug-likeness (QED) is 0.937. The highest BCUT2D eigenvalue weighted by atomic mass is 16.5. The van der Waals surface area contributed by atoms with Gasteiger partial charge in [0.05, 0.1) is 24.0 Å². The Hall–Kier alpha value is -1.94. The van der Waals surface area contributed by atoms with Crippen molar-refractivity contribution in [1.29, 1.82) is 0 Å². The molecule has 110 valence electrons. The van der Waals surface area contributed by atoms with Crippen LogP contribution in [0.5, 0.6) is 5.75 Å². The maximum absolute atomic E-state index is 5.87. The number of aryl methyl sites for hydroxylation is 2. The maximum Gasteiger partial charge on any atom is 0.127 e. The van der Waals surface area contributed by atoms with Crippen LogP contribution in [0.15, 0.2) is 24.3 Å². The number of ether oxygens (including phenoxy) is 1. The summed E-state index contributed by atoms with van der Waals surface area (Å²) in [5, 5.41) is 12.0. The van der Waals surface area contributed by atoms with Gasteiger partial charge in [-0.15, -0.1) is 0 Å². The molecule has 0 spiro atoms. The first-order chi connectivity index (χ1) is 10.2. The van der Waals surface area contributed by atoms with Gasteiger partial charge < -0.3 is 10.1 Å². The lowest BCUT2D eigenvalue weighted by Gasteiger charge is -2.22. The lowest BCUT2D eigenvalue weighted by Crippen LogP contribution is -2.24. The third kappa shape index (κ3) is 2.63. The summed E-state index contributed by atoms with van der Waals surface area (Å²) >= 11 is 0. The monoisotopic (exact) mass is 283 g/mol. The summed E-state index contributed by atoms with van der Waals surface area (Å²) in [6, 6.07) is 8.62. The zero-order chi connectivity index (χ0) is 14.8. The molecule has 0 amide bonds. The minimum Gasteiger partial charge on any atom is -0.493 e. The molecule has 1 aliphatic rings. The summed E-state index contributed by atoms with van der Waals surface area (Å²) in [6.07, 6.45) is 0.995. The van der Waals surface area contributed by atoms with Crippen LogP contribution in [0.1, 0.15) is 41.0 Å². The molecule has 3 rings (SSSR count). The van der Waals surface area contributed by atoms with E-state index in [4.69, 9.17) is 4.74 Å². The molecular formula is C17H21N3O. The normalized spacial score (nSPS) is 14.6. The van der Waals surface area contributed by atoms with Gasteiger partial charge >= 0.3 is 0 Å². The fraction of sp³-hybridized carbons (Fsp3) is 0.412. The summed E-state index contributed by atoms with van der Waals surface area (Å²) < 4.78 is 5.87. The average Bonchev–Trinajstić information content (AvgIpc) is 2.96. The largest absolute Gasteiger partial charge is 0.493 e. The van der Waals surface area contributed by atoms with Crippen molar-refractivity contribution >= 4 is 0 Å². The van der Waals surface area contributed by atoms with Gasteiger partial charge in [-0.25, -0.2) is 0 Å². The molecule has 21 heavy (non-hydrogen) atoms. The molecule has 1 atom stereocenters. The molecule has 1 aromatic heterocycles.